The van der Waals surface area contributed by atoms with Crippen molar-refractivity contribution in [3.63, 3.8) is 0 Å². The van der Waals surface area contributed by atoms with Crippen LogP contribution < -0.4 is 5.32 Å². The standard InChI is InChI=1S/C11H17F3N4S/c1-6(2)18-4-7(3)8(5-18)15-10-17-16-9(19-10)11(12,13)14/h6-8H,4-5H2,1-3H3,(H,15,17). The number of anilines is 1. The molecule has 1 fully saturated rings. The zero-order valence-electron chi connectivity index (χ0n) is 11.0. The Labute approximate surface area is 114 Å². The SMILES string of the molecule is CC1CN(C(C)C)CC1Nc1nnc(C(F)(F)F)s1. The number of nitrogens with one attached hydrogen (secondary N) is 1. The predicted octanol–water partition coefficient (Wildman–Crippen LogP) is 2.70. The van der Waals surface area contributed by atoms with Gasteiger partial charge in [0.25, 0.3) is 0 Å². The molecule has 0 saturated carbocycles. The molecular weight excluding hydrogens is 277 g/mol. The minimum atomic E-state index is -4.41. The van der Waals surface area contributed by atoms with Crippen LogP contribution >= 0.6 is 11.3 Å². The van der Waals surface area contributed by atoms with Gasteiger partial charge >= 0.3 is 6.18 Å². The average Bonchev–Trinajstić information content (AvgIpc) is 2.86. The summed E-state index contributed by atoms with van der Waals surface area (Å²) in [6, 6.07) is 0.561. The number of hydrogen-bond donors (Lipinski definition) is 1. The van der Waals surface area contributed by atoms with E-state index in [9.17, 15) is 13.2 Å². The van der Waals surface area contributed by atoms with Crippen LogP contribution in [0.15, 0.2) is 0 Å². The van der Waals surface area contributed by atoms with Crippen molar-refractivity contribution < 1.29 is 13.2 Å². The lowest BCUT2D eigenvalue weighted by Gasteiger charge is -2.20. The maximum atomic E-state index is 12.4. The van der Waals surface area contributed by atoms with Gasteiger partial charge in [-0.3, -0.25) is 4.90 Å². The molecule has 2 heterocycles. The second-order valence-electron chi connectivity index (χ2n) is 5.19. The molecule has 1 aliphatic heterocycles. The minimum absolute atomic E-state index is 0.122. The number of likely N-dealkylation sites (tertiary alicyclic amines) is 1. The number of alkyl halides is 3. The van der Waals surface area contributed by atoms with Crippen molar-refractivity contribution >= 4 is 16.5 Å². The molecule has 1 N–H and O–H groups in total. The average molecular weight is 294 g/mol. The first kappa shape index (κ1) is 14.5. The summed E-state index contributed by atoms with van der Waals surface area (Å²) in [6.45, 7) is 8.08. The summed E-state index contributed by atoms with van der Waals surface area (Å²) in [7, 11) is 0. The summed E-state index contributed by atoms with van der Waals surface area (Å²) in [5, 5.41) is 9.16. The van der Waals surface area contributed by atoms with Gasteiger partial charge < -0.3 is 5.32 Å². The Morgan fingerprint density at radius 1 is 1.32 bits per heavy atom. The van der Waals surface area contributed by atoms with E-state index in [1.807, 2.05) is 0 Å². The van der Waals surface area contributed by atoms with Crippen LogP contribution in [0.2, 0.25) is 0 Å². The third kappa shape index (κ3) is 3.36. The van der Waals surface area contributed by atoms with Gasteiger partial charge in [-0.05, 0) is 19.8 Å². The molecule has 2 rings (SSSR count). The fourth-order valence-electron chi connectivity index (χ4n) is 2.17. The number of rotatable bonds is 3. The second-order valence-corrected chi connectivity index (χ2v) is 6.16. The second kappa shape index (κ2) is 5.24. The molecule has 4 nitrogen and oxygen atoms in total. The topological polar surface area (TPSA) is 41.0 Å². The Balaban J connectivity index is 2.00. The first-order chi connectivity index (χ1) is 8.77. The quantitative estimate of drug-likeness (QED) is 0.930. The van der Waals surface area contributed by atoms with Crippen LogP contribution in [0.3, 0.4) is 0 Å². The fraction of sp³-hybridized carbons (Fsp3) is 0.818. The molecule has 1 aromatic rings. The molecule has 2 unspecified atom stereocenters. The molecule has 1 saturated heterocycles. The molecule has 0 radical (unpaired) electrons. The zero-order valence-corrected chi connectivity index (χ0v) is 11.8. The number of aromatic nitrogens is 2. The molecular formula is C11H17F3N4S. The molecule has 0 bridgehead atoms. The molecule has 1 aromatic heterocycles. The Hall–Kier alpha value is -0.890. The summed E-state index contributed by atoms with van der Waals surface area (Å²) < 4.78 is 37.3. The molecule has 2 atom stereocenters. The summed E-state index contributed by atoms with van der Waals surface area (Å²) in [6.07, 6.45) is -4.41. The van der Waals surface area contributed by atoms with E-state index in [4.69, 9.17) is 0 Å². The molecule has 0 aliphatic carbocycles. The lowest BCUT2D eigenvalue weighted by atomic mass is 10.1. The van der Waals surface area contributed by atoms with Crippen LogP contribution in [0.5, 0.6) is 0 Å². The van der Waals surface area contributed by atoms with Crippen LogP contribution in [0, 0.1) is 5.92 Å². The fourth-order valence-corrected chi connectivity index (χ4v) is 2.84. The van der Waals surface area contributed by atoms with Crippen LogP contribution in [-0.4, -0.2) is 40.3 Å². The highest BCUT2D eigenvalue weighted by molar-refractivity contribution is 7.15. The molecule has 0 aromatic carbocycles. The maximum Gasteiger partial charge on any atom is 0.445 e. The first-order valence-electron chi connectivity index (χ1n) is 6.18. The van der Waals surface area contributed by atoms with Crippen molar-refractivity contribution in [2.75, 3.05) is 18.4 Å². The van der Waals surface area contributed by atoms with E-state index in [2.05, 4.69) is 41.2 Å². The van der Waals surface area contributed by atoms with E-state index in [1.165, 1.54) is 0 Å². The predicted molar refractivity (Wildman–Crippen MR) is 68.2 cm³/mol. The summed E-state index contributed by atoms with van der Waals surface area (Å²) >= 11 is 0.561. The van der Waals surface area contributed by atoms with Crippen molar-refractivity contribution in [2.24, 2.45) is 5.92 Å². The largest absolute Gasteiger partial charge is 0.445 e. The van der Waals surface area contributed by atoms with E-state index in [0.717, 1.165) is 13.1 Å². The van der Waals surface area contributed by atoms with E-state index in [-0.39, 0.29) is 11.2 Å². The number of nitrogens with zero attached hydrogens (tertiary/aromatic N) is 3. The monoisotopic (exact) mass is 294 g/mol. The van der Waals surface area contributed by atoms with Crippen molar-refractivity contribution in [1.29, 1.82) is 0 Å². The molecule has 0 spiro atoms. The highest BCUT2D eigenvalue weighted by atomic mass is 32.1. The highest BCUT2D eigenvalue weighted by Gasteiger charge is 2.37. The summed E-state index contributed by atoms with van der Waals surface area (Å²) in [5.41, 5.74) is 0. The van der Waals surface area contributed by atoms with Crippen LogP contribution in [0.25, 0.3) is 0 Å². The minimum Gasteiger partial charge on any atom is -0.356 e. The summed E-state index contributed by atoms with van der Waals surface area (Å²) in [4.78, 5) is 2.30. The third-order valence-corrected chi connectivity index (χ3v) is 4.25. The van der Waals surface area contributed by atoms with Crippen LogP contribution in [-0.2, 0) is 6.18 Å². The smallest absolute Gasteiger partial charge is 0.356 e. The molecule has 0 amide bonds. The van der Waals surface area contributed by atoms with Gasteiger partial charge in [0.2, 0.25) is 10.1 Å². The third-order valence-electron chi connectivity index (χ3n) is 3.35. The number of halogens is 3. The Bertz CT molecular complexity index is 432. The molecule has 19 heavy (non-hydrogen) atoms. The Kier molecular flexibility index (Phi) is 4.00. The van der Waals surface area contributed by atoms with Crippen molar-refractivity contribution in [3.05, 3.63) is 5.01 Å². The summed E-state index contributed by atoms with van der Waals surface area (Å²) in [5.74, 6) is 0.376. The van der Waals surface area contributed by atoms with Gasteiger partial charge in [-0.1, -0.05) is 18.3 Å². The lowest BCUT2D eigenvalue weighted by molar-refractivity contribution is -0.138. The van der Waals surface area contributed by atoms with Crippen molar-refractivity contribution in [3.8, 4) is 0 Å². The van der Waals surface area contributed by atoms with Gasteiger partial charge in [-0.15, -0.1) is 10.2 Å². The van der Waals surface area contributed by atoms with E-state index < -0.39 is 11.2 Å². The van der Waals surface area contributed by atoms with E-state index in [1.54, 1.807) is 0 Å². The van der Waals surface area contributed by atoms with Gasteiger partial charge in [0.15, 0.2) is 0 Å². The van der Waals surface area contributed by atoms with Gasteiger partial charge in [0.05, 0.1) is 0 Å². The van der Waals surface area contributed by atoms with Gasteiger partial charge in [-0.25, -0.2) is 0 Å². The lowest BCUT2D eigenvalue weighted by Crippen LogP contribution is -2.31. The first-order valence-corrected chi connectivity index (χ1v) is 7.00. The molecule has 1 aliphatic rings. The van der Waals surface area contributed by atoms with Crippen LogP contribution in [0.4, 0.5) is 18.3 Å². The number of hydrogen-bond acceptors (Lipinski definition) is 5. The van der Waals surface area contributed by atoms with Crippen LogP contribution in [0.1, 0.15) is 25.8 Å². The van der Waals surface area contributed by atoms with Gasteiger partial charge in [-0.2, -0.15) is 13.2 Å². The molecule has 8 heteroatoms. The van der Waals surface area contributed by atoms with E-state index in [0.29, 0.717) is 23.3 Å². The van der Waals surface area contributed by atoms with E-state index >= 15 is 0 Å². The Morgan fingerprint density at radius 2 is 2.00 bits per heavy atom. The molecule has 108 valence electrons. The van der Waals surface area contributed by atoms with Gasteiger partial charge in [0, 0.05) is 25.2 Å². The zero-order chi connectivity index (χ0) is 14.2. The maximum absolute atomic E-state index is 12.4. The highest BCUT2D eigenvalue weighted by Crippen LogP contribution is 2.34. The van der Waals surface area contributed by atoms with Gasteiger partial charge in [0.1, 0.15) is 0 Å². The Morgan fingerprint density at radius 3 is 2.47 bits per heavy atom. The normalized spacial score (nSPS) is 25.2. The van der Waals surface area contributed by atoms with Crippen molar-refractivity contribution in [1.82, 2.24) is 15.1 Å². The van der Waals surface area contributed by atoms with Crippen molar-refractivity contribution in [2.45, 2.75) is 39.0 Å².